The number of ether oxygens (including phenoxy) is 1. The molecule has 0 unspecified atom stereocenters. The van der Waals surface area contributed by atoms with E-state index < -0.39 is 5.60 Å². The van der Waals surface area contributed by atoms with Crippen molar-refractivity contribution in [1.82, 2.24) is 0 Å². The van der Waals surface area contributed by atoms with Crippen LogP contribution in [0.1, 0.15) is 12.8 Å². The number of hydrogen-bond donors (Lipinski definition) is 1. The highest BCUT2D eigenvalue weighted by atomic mass is 16.5. The van der Waals surface area contributed by atoms with Crippen molar-refractivity contribution in [3.8, 4) is 12.3 Å². The minimum atomic E-state index is -0.802. The first-order valence-electron chi connectivity index (χ1n) is 3.46. The number of hydrogen-bond acceptors (Lipinski definition) is 2. The first kappa shape index (κ1) is 6.21. The third kappa shape index (κ3) is 0.622. The second-order valence-electron chi connectivity index (χ2n) is 3.52. The van der Waals surface area contributed by atoms with Crippen molar-refractivity contribution in [2.45, 2.75) is 18.4 Å². The van der Waals surface area contributed by atoms with E-state index >= 15 is 0 Å². The predicted octanol–water partition coefficient (Wildman–Crippen LogP) is 0.161. The lowest BCUT2D eigenvalue weighted by Gasteiger charge is -2.55. The SMILES string of the molecule is C#CC1(O)CC2(COC2)C1. The van der Waals surface area contributed by atoms with E-state index in [1.54, 1.807) is 0 Å². The van der Waals surface area contributed by atoms with Gasteiger partial charge in [-0.05, 0) is 12.8 Å². The molecule has 0 radical (unpaired) electrons. The third-order valence-corrected chi connectivity index (χ3v) is 2.42. The van der Waals surface area contributed by atoms with Crippen LogP contribution in [0.4, 0.5) is 0 Å². The van der Waals surface area contributed by atoms with Gasteiger partial charge in [0, 0.05) is 5.41 Å². The summed E-state index contributed by atoms with van der Waals surface area (Å²) in [5, 5.41) is 9.43. The molecule has 1 saturated carbocycles. The summed E-state index contributed by atoms with van der Waals surface area (Å²) < 4.78 is 5.04. The maximum Gasteiger partial charge on any atom is 0.126 e. The normalized spacial score (nSPS) is 32.0. The van der Waals surface area contributed by atoms with E-state index in [0.717, 1.165) is 26.1 Å². The zero-order valence-corrected chi connectivity index (χ0v) is 5.76. The molecular formula is C8H10O2. The zero-order chi connectivity index (χ0) is 7.24. The number of rotatable bonds is 0. The van der Waals surface area contributed by atoms with Crippen LogP contribution in [0.25, 0.3) is 0 Å². The van der Waals surface area contributed by atoms with Crippen LogP contribution in [0.2, 0.25) is 0 Å². The maximum absolute atomic E-state index is 9.43. The monoisotopic (exact) mass is 138 g/mol. The summed E-state index contributed by atoms with van der Waals surface area (Å²) in [6, 6.07) is 0. The van der Waals surface area contributed by atoms with Gasteiger partial charge in [0.25, 0.3) is 0 Å². The quantitative estimate of drug-likeness (QED) is 0.483. The van der Waals surface area contributed by atoms with Crippen molar-refractivity contribution >= 4 is 0 Å². The fourth-order valence-corrected chi connectivity index (χ4v) is 1.89. The van der Waals surface area contributed by atoms with Crippen molar-refractivity contribution in [2.24, 2.45) is 5.41 Å². The van der Waals surface area contributed by atoms with Crippen molar-refractivity contribution in [2.75, 3.05) is 13.2 Å². The van der Waals surface area contributed by atoms with Gasteiger partial charge >= 0.3 is 0 Å². The number of aliphatic hydroxyl groups is 1. The fourth-order valence-electron chi connectivity index (χ4n) is 1.89. The van der Waals surface area contributed by atoms with Crippen molar-refractivity contribution in [3.63, 3.8) is 0 Å². The Balaban J connectivity index is 2.00. The lowest BCUT2D eigenvalue weighted by Crippen LogP contribution is -2.60. The topological polar surface area (TPSA) is 29.5 Å². The minimum Gasteiger partial charge on any atom is -0.380 e. The zero-order valence-electron chi connectivity index (χ0n) is 5.76. The molecule has 0 aromatic carbocycles. The van der Waals surface area contributed by atoms with Gasteiger partial charge in [-0.3, -0.25) is 0 Å². The van der Waals surface area contributed by atoms with E-state index in [9.17, 15) is 5.11 Å². The van der Waals surface area contributed by atoms with Crippen molar-refractivity contribution in [3.05, 3.63) is 0 Å². The van der Waals surface area contributed by atoms with Crippen LogP contribution in [0.3, 0.4) is 0 Å². The summed E-state index contributed by atoms with van der Waals surface area (Å²) in [5.74, 6) is 2.40. The molecule has 1 N–H and O–H groups in total. The van der Waals surface area contributed by atoms with E-state index in [-0.39, 0.29) is 5.41 Å². The molecule has 1 heterocycles. The summed E-state index contributed by atoms with van der Waals surface area (Å²) in [5.41, 5.74) is -0.537. The molecule has 0 aromatic rings. The van der Waals surface area contributed by atoms with E-state index in [4.69, 9.17) is 11.2 Å². The van der Waals surface area contributed by atoms with Crippen LogP contribution in [0, 0.1) is 17.8 Å². The summed E-state index contributed by atoms with van der Waals surface area (Å²) in [7, 11) is 0. The van der Waals surface area contributed by atoms with E-state index in [2.05, 4.69) is 5.92 Å². The molecule has 0 bridgehead atoms. The summed E-state index contributed by atoms with van der Waals surface area (Å²) in [6.45, 7) is 1.58. The van der Waals surface area contributed by atoms with Gasteiger partial charge in [-0.2, -0.15) is 0 Å². The second-order valence-corrected chi connectivity index (χ2v) is 3.52. The van der Waals surface area contributed by atoms with Gasteiger partial charge in [0.05, 0.1) is 13.2 Å². The van der Waals surface area contributed by atoms with Gasteiger partial charge in [0.1, 0.15) is 5.60 Å². The van der Waals surface area contributed by atoms with Crippen LogP contribution < -0.4 is 0 Å². The highest BCUT2D eigenvalue weighted by molar-refractivity contribution is 5.20. The lowest BCUT2D eigenvalue weighted by molar-refractivity contribution is -0.219. The van der Waals surface area contributed by atoms with Gasteiger partial charge in [-0.15, -0.1) is 6.42 Å². The molecule has 1 aliphatic carbocycles. The van der Waals surface area contributed by atoms with Gasteiger partial charge < -0.3 is 9.84 Å². The Labute approximate surface area is 60.2 Å². The molecule has 54 valence electrons. The van der Waals surface area contributed by atoms with E-state index in [1.165, 1.54) is 0 Å². The Bertz CT molecular complexity index is 190. The largest absolute Gasteiger partial charge is 0.380 e. The average molecular weight is 138 g/mol. The fraction of sp³-hybridized carbons (Fsp3) is 0.750. The van der Waals surface area contributed by atoms with Gasteiger partial charge in [-0.25, -0.2) is 0 Å². The Morgan fingerprint density at radius 1 is 1.40 bits per heavy atom. The van der Waals surface area contributed by atoms with Crippen LogP contribution in [0.5, 0.6) is 0 Å². The third-order valence-electron chi connectivity index (χ3n) is 2.42. The molecule has 1 aliphatic heterocycles. The predicted molar refractivity (Wildman–Crippen MR) is 36.3 cm³/mol. The molecule has 2 fully saturated rings. The molecule has 2 heteroatoms. The lowest BCUT2D eigenvalue weighted by atomic mass is 9.58. The first-order chi connectivity index (χ1) is 4.68. The smallest absolute Gasteiger partial charge is 0.126 e. The van der Waals surface area contributed by atoms with Crippen LogP contribution in [-0.2, 0) is 4.74 Å². The van der Waals surface area contributed by atoms with E-state index in [1.807, 2.05) is 0 Å². The summed E-state index contributed by atoms with van der Waals surface area (Å²) in [6.07, 6.45) is 6.59. The van der Waals surface area contributed by atoms with Gasteiger partial charge in [0.15, 0.2) is 0 Å². The van der Waals surface area contributed by atoms with Crippen LogP contribution in [0.15, 0.2) is 0 Å². The molecule has 2 nitrogen and oxygen atoms in total. The standard InChI is InChI=1S/C8H10O2/c1-2-8(9)3-7(4-8)5-10-6-7/h1,9H,3-6H2. The molecule has 0 amide bonds. The molecule has 0 atom stereocenters. The Morgan fingerprint density at radius 2 is 2.00 bits per heavy atom. The highest BCUT2D eigenvalue weighted by Crippen LogP contribution is 2.52. The Morgan fingerprint density at radius 3 is 2.30 bits per heavy atom. The maximum atomic E-state index is 9.43. The van der Waals surface area contributed by atoms with Crippen molar-refractivity contribution < 1.29 is 9.84 Å². The minimum absolute atomic E-state index is 0.265. The molecular weight excluding hydrogens is 128 g/mol. The molecule has 2 aliphatic rings. The summed E-state index contributed by atoms with van der Waals surface area (Å²) >= 11 is 0. The molecule has 1 spiro atoms. The Hall–Kier alpha value is -0.520. The van der Waals surface area contributed by atoms with Crippen molar-refractivity contribution in [1.29, 1.82) is 0 Å². The second kappa shape index (κ2) is 1.55. The summed E-state index contributed by atoms with van der Waals surface area (Å²) in [4.78, 5) is 0. The molecule has 10 heavy (non-hydrogen) atoms. The first-order valence-corrected chi connectivity index (χ1v) is 3.46. The number of terminal acetylenes is 1. The van der Waals surface area contributed by atoms with E-state index in [0.29, 0.717) is 0 Å². The van der Waals surface area contributed by atoms with Crippen LogP contribution >= 0.6 is 0 Å². The van der Waals surface area contributed by atoms with Gasteiger partial charge in [-0.1, -0.05) is 5.92 Å². The molecule has 0 aromatic heterocycles. The highest BCUT2D eigenvalue weighted by Gasteiger charge is 2.57. The molecule has 1 saturated heterocycles. The Kier molecular flexibility index (Phi) is 0.964. The van der Waals surface area contributed by atoms with Gasteiger partial charge in [0.2, 0.25) is 0 Å². The average Bonchev–Trinajstić information content (AvgIpc) is 1.77. The van der Waals surface area contributed by atoms with Crippen LogP contribution in [-0.4, -0.2) is 23.9 Å². The molecule has 2 rings (SSSR count).